The molecule has 56 valence electrons. The fraction of sp³-hybridized carbons (Fsp3) is 0.600. The molecule has 0 aliphatic rings. The van der Waals surface area contributed by atoms with E-state index in [-0.39, 0.29) is 5.15 Å². The van der Waals surface area contributed by atoms with Crippen LogP contribution >= 0.6 is 11.6 Å². The van der Waals surface area contributed by atoms with E-state index in [1.54, 1.807) is 0 Å². The van der Waals surface area contributed by atoms with Gasteiger partial charge in [-0.05, 0) is 6.42 Å². The Kier molecular flexibility index (Phi) is 2.21. The van der Waals surface area contributed by atoms with Crippen molar-refractivity contribution < 1.29 is 4.39 Å². The van der Waals surface area contributed by atoms with Gasteiger partial charge in [0.05, 0.1) is 0 Å². The highest BCUT2D eigenvalue weighted by atomic mass is 35.5. The van der Waals surface area contributed by atoms with Gasteiger partial charge in [-0.1, -0.05) is 28.8 Å². The second-order valence-corrected chi connectivity index (χ2v) is 2.25. The summed E-state index contributed by atoms with van der Waals surface area (Å²) in [4.78, 5) is 0. The van der Waals surface area contributed by atoms with E-state index in [1.807, 2.05) is 6.92 Å². The third-order valence-corrected chi connectivity index (χ3v) is 1.42. The molecule has 5 heteroatoms. The quantitative estimate of drug-likeness (QED) is 0.661. The first kappa shape index (κ1) is 7.47. The highest BCUT2D eigenvalue weighted by molar-refractivity contribution is 6.29. The van der Waals surface area contributed by atoms with Gasteiger partial charge in [-0.15, -0.1) is 0 Å². The Morgan fingerprint density at radius 3 is 2.80 bits per heavy atom. The molecule has 1 heterocycles. The molecular formula is C5H7ClFN3. The van der Waals surface area contributed by atoms with Gasteiger partial charge in [0.25, 0.3) is 5.95 Å². The third-order valence-electron chi connectivity index (χ3n) is 1.07. The Balaban J connectivity index is 2.83. The molecule has 0 bridgehead atoms. The Hall–Kier alpha value is -0.640. The van der Waals surface area contributed by atoms with Crippen LogP contribution in [-0.2, 0) is 6.54 Å². The number of aromatic nitrogens is 3. The van der Waals surface area contributed by atoms with E-state index < -0.39 is 5.95 Å². The molecule has 0 saturated carbocycles. The standard InChI is InChI=1S/C5H7ClFN3/c1-2-3-10-4(6)5(7)8-9-10/h2-3H2,1H3. The Bertz CT molecular complexity index is 223. The van der Waals surface area contributed by atoms with Crippen molar-refractivity contribution in [1.82, 2.24) is 15.0 Å². The number of halogens is 2. The van der Waals surface area contributed by atoms with Gasteiger partial charge in [0.1, 0.15) is 0 Å². The van der Waals surface area contributed by atoms with Gasteiger partial charge in [-0.3, -0.25) is 0 Å². The first-order valence-corrected chi connectivity index (χ1v) is 3.38. The fourth-order valence-corrected chi connectivity index (χ4v) is 0.791. The summed E-state index contributed by atoms with van der Waals surface area (Å²) in [5.41, 5.74) is 0. The van der Waals surface area contributed by atoms with E-state index in [4.69, 9.17) is 11.6 Å². The molecule has 0 aliphatic carbocycles. The predicted molar refractivity (Wildman–Crippen MR) is 35.3 cm³/mol. The second-order valence-electron chi connectivity index (χ2n) is 1.89. The maximum Gasteiger partial charge on any atom is 0.271 e. The van der Waals surface area contributed by atoms with Crippen LogP contribution in [0.1, 0.15) is 13.3 Å². The lowest BCUT2D eigenvalue weighted by molar-refractivity contribution is 0.570. The topological polar surface area (TPSA) is 30.7 Å². The SMILES string of the molecule is CCCn1nnc(F)c1Cl. The number of nitrogens with zero attached hydrogens (tertiary/aromatic N) is 3. The van der Waals surface area contributed by atoms with Gasteiger partial charge in [-0.25, -0.2) is 4.68 Å². The average molecular weight is 164 g/mol. The van der Waals surface area contributed by atoms with E-state index in [2.05, 4.69) is 10.3 Å². The van der Waals surface area contributed by atoms with Crippen LogP contribution in [0.5, 0.6) is 0 Å². The van der Waals surface area contributed by atoms with Crippen LogP contribution in [-0.4, -0.2) is 15.0 Å². The summed E-state index contributed by atoms with van der Waals surface area (Å²) in [6, 6.07) is 0. The van der Waals surface area contributed by atoms with Crippen molar-refractivity contribution in [2.75, 3.05) is 0 Å². The van der Waals surface area contributed by atoms with Gasteiger partial charge in [0, 0.05) is 6.54 Å². The molecule has 0 aromatic carbocycles. The molecule has 10 heavy (non-hydrogen) atoms. The van der Waals surface area contributed by atoms with Gasteiger partial charge in [-0.2, -0.15) is 4.39 Å². The van der Waals surface area contributed by atoms with Gasteiger partial charge in [0.15, 0.2) is 5.15 Å². The van der Waals surface area contributed by atoms with Crippen LogP contribution in [0.25, 0.3) is 0 Å². The van der Waals surface area contributed by atoms with E-state index in [1.165, 1.54) is 4.68 Å². The molecular weight excluding hydrogens is 157 g/mol. The first-order valence-electron chi connectivity index (χ1n) is 3.00. The summed E-state index contributed by atoms with van der Waals surface area (Å²) < 4.78 is 13.7. The summed E-state index contributed by atoms with van der Waals surface area (Å²) in [5.74, 6) is -0.699. The Labute approximate surface area is 62.8 Å². The predicted octanol–water partition coefficient (Wildman–Crippen LogP) is 1.48. The van der Waals surface area contributed by atoms with Gasteiger partial charge < -0.3 is 0 Å². The number of aryl methyl sites for hydroxylation is 1. The monoisotopic (exact) mass is 163 g/mol. The fourth-order valence-electron chi connectivity index (χ4n) is 0.635. The van der Waals surface area contributed by atoms with E-state index >= 15 is 0 Å². The molecule has 0 atom stereocenters. The summed E-state index contributed by atoms with van der Waals surface area (Å²) in [7, 11) is 0. The molecule has 0 saturated heterocycles. The zero-order chi connectivity index (χ0) is 7.56. The van der Waals surface area contributed by atoms with E-state index in [0.29, 0.717) is 6.54 Å². The van der Waals surface area contributed by atoms with Crippen molar-refractivity contribution in [2.24, 2.45) is 0 Å². The Morgan fingerprint density at radius 2 is 2.40 bits per heavy atom. The summed E-state index contributed by atoms with van der Waals surface area (Å²) >= 11 is 5.45. The molecule has 0 fully saturated rings. The molecule has 0 amide bonds. The molecule has 3 nitrogen and oxygen atoms in total. The molecule has 0 unspecified atom stereocenters. The second kappa shape index (κ2) is 2.96. The highest BCUT2D eigenvalue weighted by Gasteiger charge is 2.07. The largest absolute Gasteiger partial charge is 0.271 e. The first-order chi connectivity index (χ1) is 4.75. The third kappa shape index (κ3) is 1.26. The zero-order valence-corrected chi connectivity index (χ0v) is 6.27. The van der Waals surface area contributed by atoms with Crippen molar-refractivity contribution in [3.8, 4) is 0 Å². The van der Waals surface area contributed by atoms with Crippen LogP contribution in [0.3, 0.4) is 0 Å². The van der Waals surface area contributed by atoms with Gasteiger partial charge in [0.2, 0.25) is 0 Å². The molecule has 0 aliphatic heterocycles. The minimum Gasteiger partial charge on any atom is -0.231 e. The van der Waals surface area contributed by atoms with E-state index in [9.17, 15) is 4.39 Å². The van der Waals surface area contributed by atoms with Crippen LogP contribution < -0.4 is 0 Å². The minimum atomic E-state index is -0.699. The normalized spacial score (nSPS) is 10.3. The molecule has 1 aromatic heterocycles. The van der Waals surface area contributed by atoms with Crippen LogP contribution in [0.15, 0.2) is 0 Å². The molecule has 0 spiro atoms. The van der Waals surface area contributed by atoms with Crippen molar-refractivity contribution in [2.45, 2.75) is 19.9 Å². The van der Waals surface area contributed by atoms with Gasteiger partial charge >= 0.3 is 0 Å². The van der Waals surface area contributed by atoms with Crippen molar-refractivity contribution in [1.29, 1.82) is 0 Å². The maximum absolute atomic E-state index is 12.3. The lowest BCUT2D eigenvalue weighted by Gasteiger charge is -1.94. The number of hydrogen-bond acceptors (Lipinski definition) is 2. The van der Waals surface area contributed by atoms with Crippen LogP contribution in [0.2, 0.25) is 5.15 Å². The minimum absolute atomic E-state index is 0.0122. The van der Waals surface area contributed by atoms with E-state index in [0.717, 1.165) is 6.42 Å². The highest BCUT2D eigenvalue weighted by Crippen LogP contribution is 2.09. The molecule has 1 aromatic rings. The lowest BCUT2D eigenvalue weighted by Crippen LogP contribution is -1.98. The van der Waals surface area contributed by atoms with Crippen LogP contribution in [0, 0.1) is 5.95 Å². The molecule has 1 rings (SSSR count). The smallest absolute Gasteiger partial charge is 0.231 e. The van der Waals surface area contributed by atoms with Crippen molar-refractivity contribution in [3.05, 3.63) is 11.1 Å². The zero-order valence-electron chi connectivity index (χ0n) is 5.51. The number of hydrogen-bond donors (Lipinski definition) is 0. The van der Waals surface area contributed by atoms with Crippen molar-refractivity contribution in [3.63, 3.8) is 0 Å². The maximum atomic E-state index is 12.3. The Morgan fingerprint density at radius 1 is 1.70 bits per heavy atom. The number of rotatable bonds is 2. The molecule has 0 N–H and O–H groups in total. The summed E-state index contributed by atoms with van der Waals surface area (Å²) in [6.45, 7) is 2.56. The van der Waals surface area contributed by atoms with Crippen molar-refractivity contribution >= 4 is 11.6 Å². The average Bonchev–Trinajstić information content (AvgIpc) is 2.20. The summed E-state index contributed by atoms with van der Waals surface area (Å²) in [6.07, 6.45) is 0.864. The lowest BCUT2D eigenvalue weighted by atomic mass is 10.5. The molecule has 0 radical (unpaired) electrons. The summed E-state index contributed by atoms with van der Waals surface area (Å²) in [5, 5.41) is 6.60. The van der Waals surface area contributed by atoms with Crippen LogP contribution in [0.4, 0.5) is 4.39 Å².